The maximum absolute atomic E-state index is 11.6. The van der Waals surface area contributed by atoms with Crippen molar-refractivity contribution in [2.75, 3.05) is 0 Å². The molecule has 5 nitrogen and oxygen atoms in total. The van der Waals surface area contributed by atoms with Gasteiger partial charge in [-0.05, 0) is 17.5 Å². The highest BCUT2D eigenvalue weighted by Crippen LogP contribution is 2.19. The number of nitrogens with two attached hydrogens (primary N) is 1. The lowest BCUT2D eigenvalue weighted by Crippen LogP contribution is -2.31. The zero-order chi connectivity index (χ0) is 14.5. The fourth-order valence-corrected chi connectivity index (χ4v) is 2.06. The fourth-order valence-electron chi connectivity index (χ4n) is 2.06. The molecule has 0 saturated carbocycles. The first-order valence-electron chi connectivity index (χ1n) is 6.22. The van der Waals surface area contributed by atoms with Crippen molar-refractivity contribution in [2.45, 2.75) is 12.3 Å². The van der Waals surface area contributed by atoms with Crippen molar-refractivity contribution in [3.63, 3.8) is 0 Å². The summed E-state index contributed by atoms with van der Waals surface area (Å²) in [6.45, 7) is 0. The summed E-state index contributed by atoms with van der Waals surface area (Å²) in [5.74, 6) is -0.893. The van der Waals surface area contributed by atoms with Crippen molar-refractivity contribution < 1.29 is 14.8 Å². The molecule has 1 atom stereocenters. The predicted molar refractivity (Wildman–Crippen MR) is 76.1 cm³/mol. The first kappa shape index (κ1) is 14.2. The second kappa shape index (κ2) is 6.32. The minimum absolute atomic E-state index is 0.291. The standard InChI is InChI=1S/C14H15BN2O3/c16-14(18)13(11-4-2-1-3-5-11)7-10-6-12(15(19)20)9-17-8-10/h1-6,8-9,13,19-20H,7H2,(H2,16,18). The van der Waals surface area contributed by atoms with Crippen LogP contribution in [-0.4, -0.2) is 28.1 Å². The summed E-state index contributed by atoms with van der Waals surface area (Å²) in [5, 5.41) is 18.3. The Kier molecular flexibility index (Phi) is 4.50. The van der Waals surface area contributed by atoms with E-state index in [2.05, 4.69) is 4.98 Å². The van der Waals surface area contributed by atoms with Gasteiger partial charge >= 0.3 is 7.12 Å². The monoisotopic (exact) mass is 270 g/mol. The van der Waals surface area contributed by atoms with E-state index >= 15 is 0 Å². The molecule has 0 aliphatic rings. The van der Waals surface area contributed by atoms with Crippen LogP contribution >= 0.6 is 0 Å². The van der Waals surface area contributed by atoms with Crippen molar-refractivity contribution in [2.24, 2.45) is 5.73 Å². The van der Waals surface area contributed by atoms with Gasteiger partial charge in [-0.15, -0.1) is 0 Å². The fraction of sp³-hybridized carbons (Fsp3) is 0.143. The van der Waals surface area contributed by atoms with Crippen LogP contribution in [-0.2, 0) is 11.2 Å². The molecule has 0 aliphatic carbocycles. The highest BCUT2D eigenvalue weighted by molar-refractivity contribution is 6.58. The average molecular weight is 270 g/mol. The number of nitrogens with zero attached hydrogens (tertiary/aromatic N) is 1. The molecular formula is C14H15BN2O3. The molecule has 2 aromatic rings. The van der Waals surface area contributed by atoms with E-state index < -0.39 is 18.9 Å². The lowest BCUT2D eigenvalue weighted by atomic mass is 9.80. The molecule has 0 spiro atoms. The third kappa shape index (κ3) is 3.43. The van der Waals surface area contributed by atoms with Gasteiger partial charge in [-0.3, -0.25) is 9.78 Å². The number of primary amides is 1. The second-order valence-electron chi connectivity index (χ2n) is 4.57. The highest BCUT2D eigenvalue weighted by atomic mass is 16.4. The summed E-state index contributed by atoms with van der Waals surface area (Å²) in [6.07, 6.45) is 3.33. The number of carbonyl (C=O) groups excluding carboxylic acids is 1. The van der Waals surface area contributed by atoms with E-state index in [9.17, 15) is 4.79 Å². The number of benzene rings is 1. The molecule has 1 heterocycles. The Bertz CT molecular complexity index is 590. The summed E-state index contributed by atoms with van der Waals surface area (Å²) in [7, 11) is -1.58. The van der Waals surface area contributed by atoms with E-state index in [1.165, 1.54) is 6.20 Å². The molecule has 1 amide bonds. The maximum Gasteiger partial charge on any atom is 0.490 e. The Morgan fingerprint density at radius 3 is 2.55 bits per heavy atom. The largest absolute Gasteiger partial charge is 0.490 e. The third-order valence-electron chi connectivity index (χ3n) is 3.10. The van der Waals surface area contributed by atoms with Crippen molar-refractivity contribution in [1.29, 1.82) is 0 Å². The van der Waals surface area contributed by atoms with E-state index in [0.717, 1.165) is 11.1 Å². The van der Waals surface area contributed by atoms with Gasteiger partial charge in [0.25, 0.3) is 0 Å². The van der Waals surface area contributed by atoms with E-state index in [4.69, 9.17) is 15.8 Å². The normalized spacial score (nSPS) is 11.9. The number of pyridine rings is 1. The van der Waals surface area contributed by atoms with Crippen LogP contribution in [0.1, 0.15) is 17.0 Å². The number of amides is 1. The Morgan fingerprint density at radius 2 is 1.95 bits per heavy atom. The van der Waals surface area contributed by atoms with Gasteiger partial charge in [-0.2, -0.15) is 0 Å². The highest BCUT2D eigenvalue weighted by Gasteiger charge is 2.19. The summed E-state index contributed by atoms with van der Waals surface area (Å²) >= 11 is 0. The molecule has 0 bridgehead atoms. The molecule has 20 heavy (non-hydrogen) atoms. The summed E-state index contributed by atoms with van der Waals surface area (Å²) in [4.78, 5) is 15.6. The van der Waals surface area contributed by atoms with Crippen LogP contribution in [0.4, 0.5) is 0 Å². The molecule has 0 aliphatic heterocycles. The number of hydrogen-bond acceptors (Lipinski definition) is 4. The number of carbonyl (C=O) groups is 1. The summed E-state index contributed by atoms with van der Waals surface area (Å²) in [5.41, 5.74) is 7.30. The van der Waals surface area contributed by atoms with Gasteiger partial charge in [0.2, 0.25) is 5.91 Å². The van der Waals surface area contributed by atoms with E-state index in [1.54, 1.807) is 12.3 Å². The van der Waals surface area contributed by atoms with Crippen LogP contribution in [0.5, 0.6) is 0 Å². The zero-order valence-electron chi connectivity index (χ0n) is 10.8. The molecule has 1 unspecified atom stereocenters. The van der Waals surface area contributed by atoms with Crippen LogP contribution in [0, 0.1) is 0 Å². The minimum Gasteiger partial charge on any atom is -0.423 e. The van der Waals surface area contributed by atoms with Crippen LogP contribution in [0.2, 0.25) is 0 Å². The molecule has 6 heteroatoms. The van der Waals surface area contributed by atoms with Gasteiger partial charge in [0.15, 0.2) is 0 Å². The topological polar surface area (TPSA) is 96.4 Å². The van der Waals surface area contributed by atoms with Crippen LogP contribution in [0.3, 0.4) is 0 Å². The zero-order valence-corrected chi connectivity index (χ0v) is 10.8. The van der Waals surface area contributed by atoms with E-state index in [0.29, 0.717) is 11.9 Å². The lowest BCUT2D eigenvalue weighted by Gasteiger charge is -2.14. The van der Waals surface area contributed by atoms with Crippen LogP contribution in [0.15, 0.2) is 48.8 Å². The van der Waals surface area contributed by atoms with Crippen molar-refractivity contribution in [3.05, 3.63) is 59.9 Å². The van der Waals surface area contributed by atoms with Gasteiger partial charge < -0.3 is 15.8 Å². The van der Waals surface area contributed by atoms with Gasteiger partial charge in [-0.25, -0.2) is 0 Å². The van der Waals surface area contributed by atoms with Crippen LogP contribution in [0.25, 0.3) is 0 Å². The molecule has 2 rings (SSSR count). The van der Waals surface area contributed by atoms with Crippen molar-refractivity contribution >= 4 is 18.5 Å². The molecule has 1 aromatic heterocycles. The van der Waals surface area contributed by atoms with Gasteiger partial charge in [0, 0.05) is 17.9 Å². The number of aromatic nitrogens is 1. The lowest BCUT2D eigenvalue weighted by molar-refractivity contribution is -0.119. The Labute approximate surface area is 117 Å². The van der Waals surface area contributed by atoms with Gasteiger partial charge in [0.1, 0.15) is 0 Å². The van der Waals surface area contributed by atoms with Gasteiger partial charge in [-0.1, -0.05) is 36.4 Å². The molecule has 0 fully saturated rings. The second-order valence-corrected chi connectivity index (χ2v) is 4.57. The minimum atomic E-state index is -1.58. The molecule has 0 saturated heterocycles. The first-order valence-corrected chi connectivity index (χ1v) is 6.22. The van der Waals surface area contributed by atoms with E-state index in [-0.39, 0.29) is 0 Å². The Morgan fingerprint density at radius 1 is 1.25 bits per heavy atom. The summed E-state index contributed by atoms with van der Waals surface area (Å²) < 4.78 is 0. The molecule has 1 aromatic carbocycles. The predicted octanol–water partition coefficient (Wildman–Crippen LogP) is -0.427. The van der Waals surface area contributed by atoms with Crippen molar-refractivity contribution in [3.8, 4) is 0 Å². The van der Waals surface area contributed by atoms with Gasteiger partial charge in [0.05, 0.1) is 5.92 Å². The first-order chi connectivity index (χ1) is 9.58. The smallest absolute Gasteiger partial charge is 0.423 e. The molecular weight excluding hydrogens is 255 g/mol. The quantitative estimate of drug-likeness (QED) is 0.642. The molecule has 4 N–H and O–H groups in total. The Hall–Kier alpha value is -2.18. The molecule has 0 radical (unpaired) electrons. The number of hydrogen-bond donors (Lipinski definition) is 3. The third-order valence-corrected chi connectivity index (χ3v) is 3.10. The Balaban J connectivity index is 2.25. The van der Waals surface area contributed by atoms with E-state index in [1.807, 2.05) is 30.3 Å². The average Bonchev–Trinajstić information content (AvgIpc) is 2.45. The van der Waals surface area contributed by atoms with Crippen LogP contribution < -0.4 is 11.2 Å². The molecule has 102 valence electrons. The SMILES string of the molecule is NC(=O)C(Cc1cncc(B(O)O)c1)c1ccccc1. The van der Waals surface area contributed by atoms with Crippen molar-refractivity contribution in [1.82, 2.24) is 4.98 Å². The summed E-state index contributed by atoms with van der Waals surface area (Å²) in [6, 6.07) is 10.8. The number of rotatable bonds is 5. The maximum atomic E-state index is 11.6.